The number of nitrogens with zero attached hydrogens (tertiary/aromatic N) is 1. The summed E-state index contributed by atoms with van der Waals surface area (Å²) in [7, 11) is 1.54. The first-order chi connectivity index (χ1) is 15.1. The van der Waals surface area contributed by atoms with Crippen molar-refractivity contribution in [3.63, 3.8) is 0 Å². The summed E-state index contributed by atoms with van der Waals surface area (Å²) in [6, 6.07) is 12.4. The van der Waals surface area contributed by atoms with Crippen LogP contribution in [0.3, 0.4) is 0 Å². The third-order valence-electron chi connectivity index (χ3n) is 4.12. The van der Waals surface area contributed by atoms with Crippen molar-refractivity contribution >= 4 is 17.7 Å². The minimum absolute atomic E-state index is 0.0629. The van der Waals surface area contributed by atoms with Crippen molar-refractivity contribution < 1.29 is 19.0 Å². The number of allylic oxidation sites excluding steroid dienone is 1. The SMILES string of the molecule is C#CCOc1c(CC=C)cc(/C=C(/C#N)C(=O)Nc2cccc(OC)c2)cc1OCC. The Bertz CT molecular complexity index is 1060. The van der Waals surface area contributed by atoms with Crippen LogP contribution in [0.5, 0.6) is 17.2 Å². The van der Waals surface area contributed by atoms with E-state index in [1.165, 1.54) is 13.2 Å². The first kappa shape index (κ1) is 23.1. The summed E-state index contributed by atoms with van der Waals surface area (Å²) in [5, 5.41) is 12.3. The van der Waals surface area contributed by atoms with Gasteiger partial charge in [0.25, 0.3) is 5.91 Å². The molecule has 0 radical (unpaired) electrons. The van der Waals surface area contributed by atoms with Crippen molar-refractivity contribution in [3.05, 3.63) is 65.8 Å². The molecule has 1 amide bonds. The number of amides is 1. The van der Waals surface area contributed by atoms with Crippen molar-refractivity contribution in [2.75, 3.05) is 25.6 Å². The van der Waals surface area contributed by atoms with Crippen LogP contribution in [0.1, 0.15) is 18.1 Å². The molecule has 0 aliphatic carbocycles. The quantitative estimate of drug-likeness (QED) is 0.269. The summed E-state index contributed by atoms with van der Waals surface area (Å²) < 4.78 is 16.5. The molecule has 0 saturated heterocycles. The van der Waals surface area contributed by atoms with Crippen LogP contribution < -0.4 is 19.5 Å². The molecule has 0 aliphatic heterocycles. The zero-order valence-corrected chi connectivity index (χ0v) is 17.6. The van der Waals surface area contributed by atoms with Crippen LogP contribution in [0.25, 0.3) is 6.08 Å². The summed E-state index contributed by atoms with van der Waals surface area (Å²) in [6.45, 7) is 6.12. The van der Waals surface area contributed by atoms with E-state index < -0.39 is 5.91 Å². The standard InChI is InChI=1S/C25H24N2O4/c1-5-9-19-13-18(15-23(30-7-3)24(19)31-12-6-2)14-20(17-26)25(28)27-21-10-8-11-22(16-21)29-4/h2,5,8,10-11,13-16H,1,7,9,12H2,3-4H3,(H,27,28)/b20-14-. The molecule has 0 aromatic heterocycles. The van der Waals surface area contributed by atoms with Crippen molar-refractivity contribution in [1.29, 1.82) is 5.26 Å². The van der Waals surface area contributed by atoms with Crippen molar-refractivity contribution in [2.45, 2.75) is 13.3 Å². The van der Waals surface area contributed by atoms with Gasteiger partial charge in [0.1, 0.15) is 24.0 Å². The van der Waals surface area contributed by atoms with Gasteiger partial charge in [-0.05, 0) is 49.2 Å². The lowest BCUT2D eigenvalue weighted by atomic mass is 10.0. The lowest BCUT2D eigenvalue weighted by molar-refractivity contribution is -0.112. The number of ether oxygens (including phenoxy) is 3. The molecule has 0 heterocycles. The molecule has 6 nitrogen and oxygen atoms in total. The highest BCUT2D eigenvalue weighted by molar-refractivity contribution is 6.09. The topological polar surface area (TPSA) is 80.6 Å². The maximum Gasteiger partial charge on any atom is 0.266 e. The van der Waals surface area contributed by atoms with Crippen LogP contribution >= 0.6 is 0 Å². The van der Waals surface area contributed by atoms with E-state index in [1.54, 1.807) is 36.4 Å². The Balaban J connectivity index is 2.41. The molecule has 0 fully saturated rings. The van der Waals surface area contributed by atoms with Crippen molar-refractivity contribution in [2.24, 2.45) is 0 Å². The highest BCUT2D eigenvalue weighted by Crippen LogP contribution is 2.34. The summed E-state index contributed by atoms with van der Waals surface area (Å²) in [5.41, 5.74) is 1.86. The molecular weight excluding hydrogens is 392 g/mol. The van der Waals surface area contributed by atoms with Gasteiger partial charge < -0.3 is 19.5 Å². The number of carbonyl (C=O) groups excluding carboxylic acids is 1. The van der Waals surface area contributed by atoms with Crippen LogP contribution in [0.15, 0.2) is 54.6 Å². The van der Waals surface area contributed by atoms with Gasteiger partial charge in [-0.3, -0.25) is 4.79 Å². The van der Waals surface area contributed by atoms with E-state index in [9.17, 15) is 10.1 Å². The van der Waals surface area contributed by atoms with Gasteiger partial charge in [-0.15, -0.1) is 13.0 Å². The molecular formula is C25H24N2O4. The van der Waals surface area contributed by atoms with Crippen LogP contribution in [-0.2, 0) is 11.2 Å². The fourth-order valence-electron chi connectivity index (χ4n) is 2.83. The summed E-state index contributed by atoms with van der Waals surface area (Å²) in [4.78, 5) is 12.6. The first-order valence-corrected chi connectivity index (χ1v) is 9.60. The number of nitriles is 1. The Morgan fingerprint density at radius 2 is 2.10 bits per heavy atom. The minimum Gasteiger partial charge on any atom is -0.497 e. The molecule has 31 heavy (non-hydrogen) atoms. The fourth-order valence-corrected chi connectivity index (χ4v) is 2.83. The van der Waals surface area contributed by atoms with E-state index in [-0.39, 0.29) is 12.2 Å². The second-order valence-corrected chi connectivity index (χ2v) is 6.28. The highest BCUT2D eigenvalue weighted by Gasteiger charge is 2.15. The molecule has 0 spiro atoms. The summed E-state index contributed by atoms with van der Waals surface area (Å²) in [6.07, 6.45) is 9.04. The maximum absolute atomic E-state index is 12.6. The smallest absolute Gasteiger partial charge is 0.266 e. The molecule has 0 bridgehead atoms. The zero-order valence-electron chi connectivity index (χ0n) is 17.6. The Kier molecular flexibility index (Phi) is 8.76. The van der Waals surface area contributed by atoms with Gasteiger partial charge in [0.15, 0.2) is 11.5 Å². The Hall–Kier alpha value is -4.16. The third-order valence-corrected chi connectivity index (χ3v) is 4.12. The number of nitrogens with one attached hydrogen (secondary N) is 1. The molecule has 2 aromatic rings. The Morgan fingerprint density at radius 1 is 1.29 bits per heavy atom. The number of anilines is 1. The number of hydrogen-bond acceptors (Lipinski definition) is 5. The third kappa shape index (κ3) is 6.42. The highest BCUT2D eigenvalue weighted by atomic mass is 16.5. The van der Waals surface area contributed by atoms with Gasteiger partial charge in [-0.25, -0.2) is 0 Å². The van der Waals surface area contributed by atoms with E-state index in [4.69, 9.17) is 20.6 Å². The number of carbonyl (C=O) groups is 1. The van der Waals surface area contributed by atoms with Crippen LogP contribution in [-0.4, -0.2) is 26.2 Å². The van der Waals surface area contributed by atoms with E-state index in [2.05, 4.69) is 17.8 Å². The molecule has 158 valence electrons. The second kappa shape index (κ2) is 11.7. The van der Waals surface area contributed by atoms with E-state index in [0.29, 0.717) is 41.5 Å². The molecule has 0 aliphatic rings. The van der Waals surface area contributed by atoms with E-state index in [0.717, 1.165) is 5.56 Å². The van der Waals surface area contributed by atoms with Crippen LogP contribution in [0, 0.1) is 23.7 Å². The molecule has 0 atom stereocenters. The van der Waals surface area contributed by atoms with Gasteiger partial charge in [0, 0.05) is 17.3 Å². The fraction of sp³-hybridized carbons (Fsp3) is 0.200. The molecule has 2 rings (SSSR count). The van der Waals surface area contributed by atoms with Gasteiger partial charge >= 0.3 is 0 Å². The van der Waals surface area contributed by atoms with Gasteiger partial charge in [0.2, 0.25) is 0 Å². The minimum atomic E-state index is -0.536. The van der Waals surface area contributed by atoms with Gasteiger partial charge in [-0.2, -0.15) is 5.26 Å². The Morgan fingerprint density at radius 3 is 2.74 bits per heavy atom. The number of methoxy groups -OCH3 is 1. The lowest BCUT2D eigenvalue weighted by Gasteiger charge is -2.15. The average Bonchev–Trinajstić information content (AvgIpc) is 2.77. The molecule has 0 unspecified atom stereocenters. The predicted molar refractivity (Wildman–Crippen MR) is 121 cm³/mol. The summed E-state index contributed by atoms with van der Waals surface area (Å²) in [5.74, 6) is 3.50. The summed E-state index contributed by atoms with van der Waals surface area (Å²) >= 11 is 0. The average molecular weight is 416 g/mol. The number of rotatable bonds is 10. The monoisotopic (exact) mass is 416 g/mol. The molecule has 0 saturated carbocycles. The predicted octanol–water partition coefficient (Wildman–Crippen LogP) is 4.38. The number of hydrogen-bond donors (Lipinski definition) is 1. The molecule has 6 heteroatoms. The number of terminal acetylenes is 1. The lowest BCUT2D eigenvalue weighted by Crippen LogP contribution is -2.13. The Labute approximate surface area is 182 Å². The van der Waals surface area contributed by atoms with Crippen molar-refractivity contribution in [3.8, 4) is 35.7 Å². The molecule has 2 aromatic carbocycles. The van der Waals surface area contributed by atoms with E-state index >= 15 is 0 Å². The van der Waals surface area contributed by atoms with E-state index in [1.807, 2.05) is 19.1 Å². The second-order valence-electron chi connectivity index (χ2n) is 6.28. The molecule has 1 N–H and O–H groups in total. The van der Waals surface area contributed by atoms with Gasteiger partial charge in [-0.1, -0.05) is 18.1 Å². The zero-order chi connectivity index (χ0) is 22.6. The normalized spacial score (nSPS) is 10.4. The maximum atomic E-state index is 12.6. The first-order valence-electron chi connectivity index (χ1n) is 9.60. The van der Waals surface area contributed by atoms with Crippen molar-refractivity contribution in [1.82, 2.24) is 0 Å². The van der Waals surface area contributed by atoms with Crippen LogP contribution in [0.4, 0.5) is 5.69 Å². The largest absolute Gasteiger partial charge is 0.497 e. The van der Waals surface area contributed by atoms with Crippen LogP contribution in [0.2, 0.25) is 0 Å². The number of benzene rings is 2. The van der Waals surface area contributed by atoms with Gasteiger partial charge in [0.05, 0.1) is 13.7 Å².